The molecule has 1 aliphatic heterocycles. The molecule has 4 nitrogen and oxygen atoms in total. The third-order valence-corrected chi connectivity index (χ3v) is 2.36. The van der Waals surface area contributed by atoms with Crippen LogP contribution in [0.15, 0.2) is 18.2 Å². The molecule has 0 radical (unpaired) electrons. The topological polar surface area (TPSA) is 52.6 Å². The van der Waals surface area contributed by atoms with Crippen molar-refractivity contribution in [3.8, 4) is 17.6 Å². The van der Waals surface area contributed by atoms with Gasteiger partial charge in [-0.3, -0.25) is 4.79 Å². The molecule has 1 heterocycles. The monoisotopic (exact) mass is 230 g/mol. The number of hydrogen-bond donors (Lipinski definition) is 0. The summed E-state index contributed by atoms with van der Waals surface area (Å²) in [5.74, 6) is 4.94. The first-order chi connectivity index (χ1) is 8.20. The average molecular weight is 230 g/mol. The largest absolute Gasteiger partial charge is 0.492 e. The Labute approximate surface area is 98.5 Å². The first kappa shape index (κ1) is 11.2. The highest BCUT2D eigenvalue weighted by molar-refractivity contribution is 6.00. The summed E-state index contributed by atoms with van der Waals surface area (Å²) in [6.45, 7) is 0.416. The number of ketones is 1. The number of fused-ring (bicyclic) bond motifs is 1. The summed E-state index contributed by atoms with van der Waals surface area (Å²) >= 11 is 0. The lowest BCUT2D eigenvalue weighted by Crippen LogP contribution is -2.15. The number of carbonyl (C=O) groups is 2. The lowest BCUT2D eigenvalue weighted by atomic mass is 10.0. The van der Waals surface area contributed by atoms with Crippen LogP contribution in [0.25, 0.3) is 0 Å². The molecule has 0 saturated heterocycles. The van der Waals surface area contributed by atoms with E-state index in [1.165, 1.54) is 7.11 Å². The van der Waals surface area contributed by atoms with Crippen LogP contribution in [-0.4, -0.2) is 25.5 Å². The predicted octanol–water partition coefficient (Wildman–Crippen LogP) is 1.18. The number of ether oxygens (including phenoxy) is 2. The molecule has 0 saturated carbocycles. The summed E-state index contributed by atoms with van der Waals surface area (Å²) < 4.78 is 9.74. The van der Waals surface area contributed by atoms with E-state index in [9.17, 15) is 9.59 Å². The second-order valence-electron chi connectivity index (χ2n) is 3.47. The fourth-order valence-corrected chi connectivity index (χ4v) is 1.51. The van der Waals surface area contributed by atoms with Gasteiger partial charge in [-0.05, 0) is 18.2 Å². The zero-order valence-corrected chi connectivity index (χ0v) is 9.28. The van der Waals surface area contributed by atoms with Crippen LogP contribution in [0.2, 0.25) is 0 Å². The van der Waals surface area contributed by atoms with Crippen molar-refractivity contribution in [3.05, 3.63) is 29.3 Å². The van der Waals surface area contributed by atoms with Gasteiger partial charge in [0.1, 0.15) is 5.75 Å². The van der Waals surface area contributed by atoms with E-state index in [1.807, 2.05) is 0 Å². The van der Waals surface area contributed by atoms with E-state index in [2.05, 4.69) is 16.6 Å². The third kappa shape index (κ3) is 2.45. The van der Waals surface area contributed by atoms with Gasteiger partial charge >= 0.3 is 5.97 Å². The van der Waals surface area contributed by atoms with Crippen LogP contribution in [-0.2, 0) is 9.53 Å². The van der Waals surface area contributed by atoms with E-state index < -0.39 is 5.97 Å². The van der Waals surface area contributed by atoms with E-state index in [4.69, 9.17) is 4.74 Å². The minimum atomic E-state index is -0.606. The number of hydrogen-bond acceptors (Lipinski definition) is 4. The van der Waals surface area contributed by atoms with E-state index in [1.54, 1.807) is 18.2 Å². The highest BCUT2D eigenvalue weighted by atomic mass is 16.5. The first-order valence-corrected chi connectivity index (χ1v) is 5.11. The molecule has 0 atom stereocenters. The fraction of sp³-hybridized carbons (Fsp3) is 0.231. The molecule has 0 N–H and O–H groups in total. The van der Waals surface area contributed by atoms with E-state index in [0.717, 1.165) is 0 Å². The standard InChI is InChI=1S/C13H10O4/c1-16-13(15)5-3-9-2-4-12-10(8-9)11(14)6-7-17-12/h2,4,8H,6-7H2,1H3. The summed E-state index contributed by atoms with van der Waals surface area (Å²) in [6.07, 6.45) is 0.376. The van der Waals surface area contributed by atoms with Crippen molar-refractivity contribution in [1.82, 2.24) is 0 Å². The van der Waals surface area contributed by atoms with E-state index in [0.29, 0.717) is 29.9 Å². The molecule has 4 heteroatoms. The Hall–Kier alpha value is -2.28. The van der Waals surface area contributed by atoms with Crippen LogP contribution in [0.4, 0.5) is 0 Å². The van der Waals surface area contributed by atoms with Crippen LogP contribution >= 0.6 is 0 Å². The maximum absolute atomic E-state index is 11.6. The fourth-order valence-electron chi connectivity index (χ4n) is 1.51. The Bertz CT molecular complexity index is 534. The molecule has 2 rings (SSSR count). The SMILES string of the molecule is COC(=O)C#Cc1ccc2c(c1)C(=O)CCO2. The van der Waals surface area contributed by atoms with Crippen molar-refractivity contribution in [1.29, 1.82) is 0 Å². The molecule has 1 aromatic rings. The van der Waals surface area contributed by atoms with Gasteiger partial charge in [-0.2, -0.15) is 0 Å². The molecule has 0 amide bonds. The number of methoxy groups -OCH3 is 1. The van der Waals surface area contributed by atoms with Crippen molar-refractivity contribution in [3.63, 3.8) is 0 Å². The van der Waals surface area contributed by atoms with Gasteiger partial charge in [0.2, 0.25) is 0 Å². The number of rotatable bonds is 0. The molecule has 17 heavy (non-hydrogen) atoms. The zero-order valence-electron chi connectivity index (χ0n) is 9.28. The highest BCUT2D eigenvalue weighted by Crippen LogP contribution is 2.25. The van der Waals surface area contributed by atoms with Gasteiger partial charge in [-0.15, -0.1) is 0 Å². The zero-order chi connectivity index (χ0) is 12.3. The van der Waals surface area contributed by atoms with Crippen LogP contribution < -0.4 is 4.74 Å². The minimum Gasteiger partial charge on any atom is -0.492 e. The molecule has 1 aliphatic rings. The van der Waals surface area contributed by atoms with Gasteiger partial charge in [0.05, 0.1) is 19.3 Å². The molecule has 86 valence electrons. The van der Waals surface area contributed by atoms with Crippen LogP contribution in [0.3, 0.4) is 0 Å². The van der Waals surface area contributed by atoms with Crippen LogP contribution in [0.1, 0.15) is 22.3 Å². The number of esters is 1. The Morgan fingerprint density at radius 2 is 2.29 bits per heavy atom. The summed E-state index contributed by atoms with van der Waals surface area (Å²) in [7, 11) is 1.27. The van der Waals surface area contributed by atoms with Crippen molar-refractivity contribution in [2.75, 3.05) is 13.7 Å². The van der Waals surface area contributed by atoms with Crippen molar-refractivity contribution in [2.24, 2.45) is 0 Å². The summed E-state index contributed by atoms with van der Waals surface area (Å²) in [5.41, 5.74) is 1.11. The predicted molar refractivity (Wildman–Crippen MR) is 59.8 cm³/mol. The Morgan fingerprint density at radius 1 is 1.47 bits per heavy atom. The molecule has 0 aliphatic carbocycles. The first-order valence-electron chi connectivity index (χ1n) is 5.11. The second kappa shape index (κ2) is 4.71. The van der Waals surface area contributed by atoms with Crippen LogP contribution in [0, 0.1) is 11.8 Å². The van der Waals surface area contributed by atoms with Gasteiger partial charge < -0.3 is 9.47 Å². The van der Waals surface area contributed by atoms with Gasteiger partial charge in [-0.1, -0.05) is 5.92 Å². The number of carbonyl (C=O) groups excluding carboxylic acids is 2. The van der Waals surface area contributed by atoms with E-state index >= 15 is 0 Å². The smallest absolute Gasteiger partial charge is 0.384 e. The second-order valence-corrected chi connectivity index (χ2v) is 3.47. The summed E-state index contributed by atoms with van der Waals surface area (Å²) in [4.78, 5) is 22.5. The quantitative estimate of drug-likeness (QED) is 0.496. The molecule has 1 aromatic carbocycles. The Balaban J connectivity index is 2.32. The number of benzene rings is 1. The van der Waals surface area contributed by atoms with Crippen molar-refractivity contribution >= 4 is 11.8 Å². The average Bonchev–Trinajstić information content (AvgIpc) is 2.36. The molecule has 0 bridgehead atoms. The van der Waals surface area contributed by atoms with Crippen LogP contribution in [0.5, 0.6) is 5.75 Å². The molecular weight excluding hydrogens is 220 g/mol. The molecule has 0 spiro atoms. The third-order valence-electron chi connectivity index (χ3n) is 2.36. The van der Waals surface area contributed by atoms with Gasteiger partial charge in [0, 0.05) is 17.9 Å². The molecule has 0 unspecified atom stereocenters. The molecule has 0 fully saturated rings. The molecule has 0 aromatic heterocycles. The lowest BCUT2D eigenvalue weighted by molar-refractivity contribution is -0.133. The van der Waals surface area contributed by atoms with Crippen molar-refractivity contribution < 1.29 is 19.1 Å². The van der Waals surface area contributed by atoms with Crippen molar-refractivity contribution in [2.45, 2.75) is 6.42 Å². The lowest BCUT2D eigenvalue weighted by Gasteiger charge is -2.15. The Kier molecular flexibility index (Phi) is 3.10. The minimum absolute atomic E-state index is 0.0352. The van der Waals surface area contributed by atoms with E-state index in [-0.39, 0.29) is 5.78 Å². The molecular formula is C13H10O4. The number of Topliss-reactive ketones (excluding diaryl/α,β-unsaturated/α-hetero) is 1. The van der Waals surface area contributed by atoms with Gasteiger partial charge in [0.15, 0.2) is 5.78 Å². The summed E-state index contributed by atoms with van der Waals surface area (Å²) in [5, 5.41) is 0. The maximum Gasteiger partial charge on any atom is 0.384 e. The maximum atomic E-state index is 11.6. The normalized spacial score (nSPS) is 12.9. The Morgan fingerprint density at radius 3 is 3.06 bits per heavy atom. The van der Waals surface area contributed by atoms with Gasteiger partial charge in [-0.25, -0.2) is 4.79 Å². The highest BCUT2D eigenvalue weighted by Gasteiger charge is 2.18. The van der Waals surface area contributed by atoms with Gasteiger partial charge in [0.25, 0.3) is 0 Å². The summed E-state index contributed by atoms with van der Waals surface area (Å²) in [6, 6.07) is 5.02.